The number of hydrogen-bond donors (Lipinski definition) is 1. The summed E-state index contributed by atoms with van der Waals surface area (Å²) >= 11 is 17.8. The summed E-state index contributed by atoms with van der Waals surface area (Å²) in [7, 11) is 0. The van der Waals surface area contributed by atoms with Crippen LogP contribution in [0.3, 0.4) is 0 Å². The second-order valence-electron chi connectivity index (χ2n) is 3.41. The number of carbonyl (C=O) groups excluding carboxylic acids is 1. The molecular weight excluding hydrogens is 295 g/mol. The van der Waals surface area contributed by atoms with E-state index in [1.807, 2.05) is 0 Å². The average molecular weight is 302 g/mol. The van der Waals surface area contributed by atoms with E-state index >= 15 is 0 Å². The molecular formula is C12H7Cl3N2O. The van der Waals surface area contributed by atoms with E-state index in [0.717, 1.165) is 0 Å². The fraction of sp³-hybridized carbons (Fsp3) is 0. The number of hydrogen-bond acceptors (Lipinski definition) is 2. The average Bonchev–Trinajstić information content (AvgIpc) is 2.34. The molecule has 0 spiro atoms. The number of rotatable bonds is 2. The van der Waals surface area contributed by atoms with Crippen molar-refractivity contribution in [3.8, 4) is 0 Å². The zero-order chi connectivity index (χ0) is 13.1. The van der Waals surface area contributed by atoms with Crippen molar-refractivity contribution < 1.29 is 4.79 Å². The molecule has 1 amide bonds. The summed E-state index contributed by atoms with van der Waals surface area (Å²) in [5.74, 6) is -0.414. The van der Waals surface area contributed by atoms with Gasteiger partial charge in [0.15, 0.2) is 0 Å². The minimum atomic E-state index is -0.414. The lowest BCUT2D eigenvalue weighted by atomic mass is 10.2. The van der Waals surface area contributed by atoms with Crippen molar-refractivity contribution in [2.45, 2.75) is 0 Å². The molecule has 2 rings (SSSR count). The first-order chi connectivity index (χ1) is 8.59. The molecule has 0 aliphatic heterocycles. The second kappa shape index (κ2) is 5.57. The van der Waals surface area contributed by atoms with Crippen LogP contribution in [0.4, 0.5) is 5.69 Å². The molecule has 0 atom stereocenters. The van der Waals surface area contributed by atoms with Gasteiger partial charge in [0.1, 0.15) is 0 Å². The normalized spacial score (nSPS) is 10.2. The van der Waals surface area contributed by atoms with Crippen LogP contribution in [0.5, 0.6) is 0 Å². The van der Waals surface area contributed by atoms with Gasteiger partial charge in [-0.2, -0.15) is 0 Å². The minimum absolute atomic E-state index is 0.259. The molecule has 1 N–H and O–H groups in total. The van der Waals surface area contributed by atoms with Crippen molar-refractivity contribution >= 4 is 46.4 Å². The Morgan fingerprint density at radius 3 is 2.33 bits per heavy atom. The molecule has 1 aromatic heterocycles. The lowest BCUT2D eigenvalue weighted by Crippen LogP contribution is -2.13. The molecule has 3 nitrogen and oxygen atoms in total. The summed E-state index contributed by atoms with van der Waals surface area (Å²) in [6.45, 7) is 0. The molecule has 0 bridgehead atoms. The maximum absolute atomic E-state index is 12.0. The number of aromatic nitrogens is 1. The second-order valence-corrected chi connectivity index (χ2v) is 4.63. The van der Waals surface area contributed by atoms with Crippen molar-refractivity contribution in [1.82, 2.24) is 4.98 Å². The molecule has 6 heteroatoms. The van der Waals surface area contributed by atoms with Crippen LogP contribution in [0, 0.1) is 0 Å². The van der Waals surface area contributed by atoms with E-state index in [9.17, 15) is 4.79 Å². The third-order valence-corrected chi connectivity index (χ3v) is 3.17. The molecule has 0 saturated heterocycles. The Hall–Kier alpha value is -1.29. The third kappa shape index (κ3) is 2.75. The molecule has 0 saturated carbocycles. The number of amides is 1. The molecule has 0 radical (unpaired) electrons. The number of pyridine rings is 1. The first kappa shape index (κ1) is 13.1. The predicted molar refractivity (Wildman–Crippen MR) is 73.7 cm³/mol. The summed E-state index contributed by atoms with van der Waals surface area (Å²) < 4.78 is 0. The topological polar surface area (TPSA) is 42.0 Å². The van der Waals surface area contributed by atoms with E-state index < -0.39 is 5.91 Å². The van der Waals surface area contributed by atoms with Crippen molar-refractivity contribution in [3.05, 3.63) is 57.3 Å². The number of para-hydroxylation sites is 1. The van der Waals surface area contributed by atoms with E-state index in [1.165, 1.54) is 18.5 Å². The van der Waals surface area contributed by atoms with Gasteiger partial charge in [-0.25, -0.2) is 0 Å². The minimum Gasteiger partial charge on any atom is -0.319 e. The van der Waals surface area contributed by atoms with Crippen molar-refractivity contribution in [1.29, 1.82) is 0 Å². The van der Waals surface area contributed by atoms with Gasteiger partial charge in [0, 0.05) is 12.4 Å². The summed E-state index contributed by atoms with van der Waals surface area (Å²) in [6, 6.07) is 6.49. The molecule has 1 heterocycles. The molecule has 92 valence electrons. The van der Waals surface area contributed by atoms with Crippen LogP contribution in [0.25, 0.3) is 0 Å². The maximum Gasteiger partial charge on any atom is 0.258 e. The molecule has 0 fully saturated rings. The van der Waals surface area contributed by atoms with Gasteiger partial charge in [-0.15, -0.1) is 0 Å². The van der Waals surface area contributed by atoms with Crippen LogP contribution in [-0.4, -0.2) is 10.9 Å². The Labute approximate surface area is 119 Å². The maximum atomic E-state index is 12.0. The van der Waals surface area contributed by atoms with Gasteiger partial charge < -0.3 is 5.32 Å². The predicted octanol–water partition coefficient (Wildman–Crippen LogP) is 4.29. The monoisotopic (exact) mass is 300 g/mol. The fourth-order valence-corrected chi connectivity index (χ4v) is 2.03. The highest BCUT2D eigenvalue weighted by atomic mass is 35.5. The number of anilines is 1. The molecule has 0 unspecified atom stereocenters. The van der Waals surface area contributed by atoms with Crippen LogP contribution in [0.2, 0.25) is 15.1 Å². The van der Waals surface area contributed by atoms with Crippen LogP contribution in [0.1, 0.15) is 10.4 Å². The van der Waals surface area contributed by atoms with E-state index in [-0.39, 0.29) is 5.56 Å². The van der Waals surface area contributed by atoms with Crippen LogP contribution in [0.15, 0.2) is 36.7 Å². The van der Waals surface area contributed by atoms with Crippen LogP contribution < -0.4 is 5.32 Å². The molecule has 0 aliphatic carbocycles. The van der Waals surface area contributed by atoms with Crippen LogP contribution in [-0.2, 0) is 0 Å². The van der Waals surface area contributed by atoms with E-state index in [1.54, 1.807) is 18.2 Å². The van der Waals surface area contributed by atoms with Crippen molar-refractivity contribution in [2.24, 2.45) is 0 Å². The van der Waals surface area contributed by atoms with E-state index in [4.69, 9.17) is 34.8 Å². The van der Waals surface area contributed by atoms with Gasteiger partial charge in [-0.3, -0.25) is 9.78 Å². The number of nitrogens with zero attached hydrogens (tertiary/aromatic N) is 1. The largest absolute Gasteiger partial charge is 0.319 e. The van der Waals surface area contributed by atoms with Crippen molar-refractivity contribution in [3.63, 3.8) is 0 Å². The summed E-state index contributed by atoms with van der Waals surface area (Å²) in [5.41, 5.74) is 0.612. The SMILES string of the molecule is O=C(Nc1c(Cl)cccc1Cl)c1cnccc1Cl. The van der Waals surface area contributed by atoms with E-state index in [2.05, 4.69) is 10.3 Å². The zero-order valence-electron chi connectivity index (χ0n) is 8.95. The van der Waals surface area contributed by atoms with Crippen LogP contribution >= 0.6 is 34.8 Å². The Bertz CT molecular complexity index is 581. The molecule has 18 heavy (non-hydrogen) atoms. The highest BCUT2D eigenvalue weighted by molar-refractivity contribution is 6.40. The summed E-state index contributed by atoms with van der Waals surface area (Å²) in [6.07, 6.45) is 2.88. The molecule has 0 aliphatic rings. The van der Waals surface area contributed by atoms with E-state index in [0.29, 0.717) is 20.8 Å². The van der Waals surface area contributed by atoms with Gasteiger partial charge in [-0.05, 0) is 18.2 Å². The first-order valence-electron chi connectivity index (χ1n) is 4.94. The number of carbonyl (C=O) groups is 1. The first-order valence-corrected chi connectivity index (χ1v) is 6.08. The number of halogens is 3. The van der Waals surface area contributed by atoms with Gasteiger partial charge in [-0.1, -0.05) is 40.9 Å². The highest BCUT2D eigenvalue weighted by Gasteiger charge is 2.13. The fourth-order valence-electron chi connectivity index (χ4n) is 1.34. The standard InChI is InChI=1S/C12H7Cl3N2O/c13-8-4-5-16-6-7(8)12(18)17-11-9(14)2-1-3-10(11)15/h1-6H,(H,17,18). The lowest BCUT2D eigenvalue weighted by Gasteiger charge is -2.09. The van der Waals surface area contributed by atoms with Gasteiger partial charge >= 0.3 is 0 Å². The highest BCUT2D eigenvalue weighted by Crippen LogP contribution is 2.30. The van der Waals surface area contributed by atoms with Gasteiger partial charge in [0.25, 0.3) is 5.91 Å². The lowest BCUT2D eigenvalue weighted by molar-refractivity contribution is 0.102. The van der Waals surface area contributed by atoms with Gasteiger partial charge in [0.05, 0.1) is 26.3 Å². The van der Waals surface area contributed by atoms with Gasteiger partial charge in [0.2, 0.25) is 0 Å². The summed E-state index contributed by atoms with van der Waals surface area (Å²) in [4.78, 5) is 15.8. The summed E-state index contributed by atoms with van der Waals surface area (Å²) in [5, 5.41) is 3.63. The molecule has 2 aromatic rings. The Kier molecular flexibility index (Phi) is 4.07. The zero-order valence-corrected chi connectivity index (χ0v) is 11.2. The Morgan fingerprint density at radius 1 is 1.06 bits per heavy atom. The Balaban J connectivity index is 2.30. The Morgan fingerprint density at radius 2 is 1.72 bits per heavy atom. The quantitative estimate of drug-likeness (QED) is 0.899. The molecule has 1 aromatic carbocycles. The number of benzene rings is 1. The number of nitrogens with one attached hydrogen (secondary N) is 1. The third-order valence-electron chi connectivity index (χ3n) is 2.21. The smallest absolute Gasteiger partial charge is 0.258 e. The van der Waals surface area contributed by atoms with Crippen molar-refractivity contribution in [2.75, 3.05) is 5.32 Å².